The van der Waals surface area contributed by atoms with Gasteiger partial charge in [0, 0.05) is 46.5 Å². The van der Waals surface area contributed by atoms with Gasteiger partial charge in [-0.25, -0.2) is 4.79 Å². The van der Waals surface area contributed by atoms with E-state index < -0.39 is 23.1 Å². The molecule has 0 bridgehead atoms. The minimum absolute atomic E-state index is 0.0206. The first kappa shape index (κ1) is 35.8. The van der Waals surface area contributed by atoms with Crippen molar-refractivity contribution in [2.24, 2.45) is 0 Å². The van der Waals surface area contributed by atoms with E-state index in [1.165, 1.54) is 61.9 Å². The maximum absolute atomic E-state index is 12.5. The smallest absolute Gasteiger partial charge is 0.335 e. The number of nitrogens with one attached hydrogen (secondary N) is 3. The Labute approximate surface area is 296 Å². The van der Waals surface area contributed by atoms with Crippen LogP contribution >= 0.6 is 0 Å². The van der Waals surface area contributed by atoms with Crippen LogP contribution in [0.4, 0.5) is 11.4 Å². The first-order valence-corrected chi connectivity index (χ1v) is 17.6. The first-order valence-electron chi connectivity index (χ1n) is 17.6. The second-order valence-electron chi connectivity index (χ2n) is 14.9. The molecule has 0 fully saturated rings. The van der Waals surface area contributed by atoms with Crippen molar-refractivity contribution in [2.45, 2.75) is 103 Å². The molecule has 0 spiro atoms. The van der Waals surface area contributed by atoms with E-state index in [1.54, 1.807) is 0 Å². The van der Waals surface area contributed by atoms with Gasteiger partial charge in [-0.3, -0.25) is 14.4 Å². The van der Waals surface area contributed by atoms with Crippen LogP contribution in [0, 0.1) is 0 Å². The number of fused-ring (bicyclic) bond motifs is 10. The predicted molar refractivity (Wildman–Crippen MR) is 197 cm³/mol. The number of hydrogen-bond donors (Lipinski definition) is 7. The monoisotopic (exact) mass is 694 g/mol. The molecule has 4 aliphatic carbocycles. The summed E-state index contributed by atoms with van der Waals surface area (Å²) in [5.74, 6) is -1.64. The molecule has 1 amide bonds. The lowest BCUT2D eigenvalue weighted by atomic mass is 9.88. The summed E-state index contributed by atoms with van der Waals surface area (Å²) < 4.78 is 0. The molecule has 0 unspecified atom stereocenters. The van der Waals surface area contributed by atoms with E-state index in [0.717, 1.165) is 96.3 Å². The third kappa shape index (κ3) is 7.00. The quantitative estimate of drug-likeness (QED) is 0.128. The van der Waals surface area contributed by atoms with Crippen LogP contribution in [0.5, 0.6) is 0 Å². The fraction of sp³-hybridized carbons (Fsp3) is 0.400. The van der Waals surface area contributed by atoms with Gasteiger partial charge in [-0.1, -0.05) is 24.3 Å². The Hall–Kier alpha value is -5.00. The molecule has 8 N–H and O–H groups in total. The normalized spacial score (nSPS) is 14.9. The molecule has 0 saturated carbocycles. The zero-order valence-electron chi connectivity index (χ0n) is 29.6. The summed E-state index contributed by atoms with van der Waals surface area (Å²) in [6.45, 7) is 5.37. The average Bonchev–Trinajstić information content (AvgIpc) is 3.65. The topological polar surface area (TPSA) is 199 Å². The molecule has 8 rings (SSSR count). The second-order valence-corrected chi connectivity index (χ2v) is 14.9. The van der Waals surface area contributed by atoms with Crippen molar-refractivity contribution < 1.29 is 24.9 Å². The Morgan fingerprint density at radius 2 is 1.08 bits per heavy atom. The predicted octanol–water partition coefficient (Wildman–Crippen LogP) is 4.78. The number of aliphatic carboxylic acids is 1. The van der Waals surface area contributed by atoms with E-state index in [9.17, 15) is 24.3 Å². The van der Waals surface area contributed by atoms with Crippen molar-refractivity contribution in [2.75, 3.05) is 11.1 Å². The molecule has 2 aromatic heterocycles. The fourth-order valence-electron chi connectivity index (χ4n) is 7.45. The van der Waals surface area contributed by atoms with Gasteiger partial charge >= 0.3 is 5.97 Å². The summed E-state index contributed by atoms with van der Waals surface area (Å²) in [5.41, 5.74) is 17.8. The van der Waals surface area contributed by atoms with Gasteiger partial charge in [0.15, 0.2) is 5.60 Å². The Balaban J connectivity index is 0.000000152. The van der Waals surface area contributed by atoms with Crippen molar-refractivity contribution in [3.05, 3.63) is 102 Å². The van der Waals surface area contributed by atoms with E-state index in [4.69, 9.17) is 15.9 Å². The van der Waals surface area contributed by atoms with Crippen molar-refractivity contribution in [1.82, 2.24) is 9.97 Å². The molecular formula is C40H46N4O7. The van der Waals surface area contributed by atoms with Crippen LogP contribution in [0.2, 0.25) is 0 Å². The lowest BCUT2D eigenvalue weighted by Gasteiger charge is -2.18. The van der Waals surface area contributed by atoms with Crippen molar-refractivity contribution in [1.29, 1.82) is 0 Å². The molecule has 0 atom stereocenters. The minimum Gasteiger partial charge on any atom is -0.479 e. The molecule has 11 heteroatoms. The van der Waals surface area contributed by atoms with E-state index in [0.29, 0.717) is 12.1 Å². The highest BCUT2D eigenvalue weighted by Gasteiger charge is 2.31. The number of carboxylic acid groups (broad SMARTS) is 1. The van der Waals surface area contributed by atoms with E-state index in [1.807, 2.05) is 30.3 Å². The number of rotatable bonds is 3. The minimum atomic E-state index is -1.58. The number of aromatic amines is 2. The number of nitrogens with two attached hydrogens (primary N) is 1. The van der Waals surface area contributed by atoms with Gasteiger partial charge in [0.2, 0.25) is 0 Å². The number of benzene rings is 2. The number of anilines is 2. The average molecular weight is 695 g/mol. The largest absolute Gasteiger partial charge is 0.479 e. The number of hydrogen-bond acceptors (Lipinski definition) is 7. The zero-order valence-corrected chi connectivity index (χ0v) is 29.6. The summed E-state index contributed by atoms with van der Waals surface area (Å²) in [7, 11) is 0. The lowest BCUT2D eigenvalue weighted by molar-refractivity contribution is -0.154. The molecule has 268 valence electrons. The first-order chi connectivity index (χ1) is 24.1. The van der Waals surface area contributed by atoms with Crippen molar-refractivity contribution in [3.8, 4) is 22.5 Å². The van der Waals surface area contributed by atoms with E-state index in [-0.39, 0.29) is 11.1 Å². The van der Waals surface area contributed by atoms with Gasteiger partial charge < -0.3 is 36.3 Å². The number of H-pyrrole nitrogens is 2. The molecule has 4 aliphatic rings. The molecule has 11 nitrogen and oxygen atoms in total. The summed E-state index contributed by atoms with van der Waals surface area (Å²) in [5, 5.41) is 29.2. The Morgan fingerprint density at radius 1 is 0.647 bits per heavy atom. The van der Waals surface area contributed by atoms with Crippen LogP contribution < -0.4 is 22.2 Å². The maximum atomic E-state index is 12.5. The molecule has 51 heavy (non-hydrogen) atoms. The molecular weight excluding hydrogens is 648 g/mol. The van der Waals surface area contributed by atoms with Crippen LogP contribution in [-0.4, -0.2) is 48.4 Å². The third-order valence-electron chi connectivity index (χ3n) is 10.3. The van der Waals surface area contributed by atoms with Crippen LogP contribution in [0.15, 0.2) is 46.0 Å². The molecule has 0 radical (unpaired) electrons. The Morgan fingerprint density at radius 3 is 1.55 bits per heavy atom. The molecule has 0 aliphatic heterocycles. The highest BCUT2D eigenvalue weighted by molar-refractivity contribution is 5.98. The number of aromatic nitrogens is 2. The standard InChI is InChI=1S/C20H22N2O3.C16H16N2O.C4H8O3/c1-20(2,25)19(24)21-16-9-5-8-12-14(16)10-15-11-6-3-4-7-13(11)18(23)22-17(12)15;17-14-7-3-6-10-12(14)8-13-9-4-1-2-5-11(9)16(19)18-15(10)13;1-4(2,7)3(5)6/h5,8-9,25H,3-4,6-7,10H2,1-2H3,(H,21,24)(H,22,23);3,6-7H,1-2,4-5,8,17H2,(H,18,19);7H,1-2H3,(H,5,6). The van der Waals surface area contributed by atoms with Gasteiger partial charge in [-0.2, -0.15) is 0 Å². The maximum Gasteiger partial charge on any atom is 0.335 e. The SMILES string of the molecule is CC(C)(O)C(=O)Nc1cccc2c1Cc1c-2[nH]c(=O)c2c1CCCC2.CC(C)(O)C(=O)O.Nc1cccc2c1Cc1c-2[nH]c(=O)c2c1CCCC2. The summed E-state index contributed by atoms with van der Waals surface area (Å²) in [4.78, 5) is 52.8. The number of carboxylic acids is 1. The third-order valence-corrected chi connectivity index (χ3v) is 10.3. The summed E-state index contributed by atoms with van der Waals surface area (Å²) in [6.07, 6.45) is 9.81. The van der Waals surface area contributed by atoms with Crippen molar-refractivity contribution >= 4 is 23.3 Å². The highest BCUT2D eigenvalue weighted by Crippen LogP contribution is 2.42. The number of pyridine rings is 2. The highest BCUT2D eigenvalue weighted by atomic mass is 16.4. The molecule has 4 aromatic rings. The second kappa shape index (κ2) is 13.6. The lowest BCUT2D eigenvalue weighted by Crippen LogP contribution is -2.36. The van der Waals surface area contributed by atoms with Gasteiger partial charge in [0.05, 0.1) is 11.4 Å². The summed E-state index contributed by atoms with van der Waals surface area (Å²) in [6, 6.07) is 11.6. The molecule has 2 aromatic carbocycles. The van der Waals surface area contributed by atoms with Gasteiger partial charge in [0.1, 0.15) is 5.60 Å². The number of aliphatic hydroxyl groups is 2. The Kier molecular flexibility index (Phi) is 9.56. The van der Waals surface area contributed by atoms with Gasteiger partial charge in [-0.05, 0) is 125 Å². The van der Waals surface area contributed by atoms with Crippen LogP contribution in [0.1, 0.15) is 97.9 Å². The summed E-state index contributed by atoms with van der Waals surface area (Å²) >= 11 is 0. The van der Waals surface area contributed by atoms with Crippen LogP contribution in [-0.2, 0) is 48.1 Å². The number of amides is 1. The van der Waals surface area contributed by atoms with E-state index in [2.05, 4.69) is 21.4 Å². The van der Waals surface area contributed by atoms with Crippen LogP contribution in [0.3, 0.4) is 0 Å². The number of nitrogen functional groups attached to an aromatic ring is 1. The fourth-order valence-corrected chi connectivity index (χ4v) is 7.45. The van der Waals surface area contributed by atoms with E-state index >= 15 is 0 Å². The Bertz CT molecular complexity index is 2170. The number of carbonyl (C=O) groups excluding carboxylic acids is 1. The molecule has 2 heterocycles. The van der Waals surface area contributed by atoms with Gasteiger partial charge in [-0.15, -0.1) is 0 Å². The van der Waals surface area contributed by atoms with Crippen LogP contribution in [0.25, 0.3) is 22.5 Å². The van der Waals surface area contributed by atoms with Gasteiger partial charge in [0.25, 0.3) is 17.0 Å². The number of carbonyl (C=O) groups is 2. The van der Waals surface area contributed by atoms with Crippen molar-refractivity contribution in [3.63, 3.8) is 0 Å². The zero-order chi connectivity index (χ0) is 36.8. The molecule has 0 saturated heterocycles.